The molecule has 0 bridgehead atoms. The number of rotatable bonds is 4. The Bertz CT molecular complexity index is 505. The summed E-state index contributed by atoms with van der Waals surface area (Å²) in [4.78, 5) is 6.47. The number of nitrogens with zero attached hydrogens (tertiary/aromatic N) is 2. The zero-order valence-corrected chi connectivity index (χ0v) is 12.3. The van der Waals surface area contributed by atoms with E-state index in [1.165, 1.54) is 12.8 Å². The number of aromatic nitrogens is 1. The summed E-state index contributed by atoms with van der Waals surface area (Å²) in [7, 11) is -3.24. The topological polar surface area (TPSA) is 62.3 Å². The molecule has 6 heteroatoms. The number of nitrogens with one attached hydrogen (secondary N) is 1. The fraction of sp³-hybridized carbons (Fsp3) is 0.615. The maximum absolute atomic E-state index is 11.4. The van der Waals surface area contributed by atoms with Gasteiger partial charge in [0.05, 0.1) is 17.6 Å². The van der Waals surface area contributed by atoms with Gasteiger partial charge in [-0.2, -0.15) is 0 Å². The molecule has 0 aromatic carbocycles. The largest absolute Gasteiger partial charge is 0.370 e. The summed E-state index contributed by atoms with van der Waals surface area (Å²) >= 11 is 0. The Labute approximate surface area is 115 Å². The predicted molar refractivity (Wildman–Crippen MR) is 77.9 cm³/mol. The normalized spacial score (nSPS) is 17.5. The SMILES string of the molecule is CCS(=O)(=O)Nc1ccc(N2CCC(C)CC2)cn1. The minimum absolute atomic E-state index is 0.0560. The molecule has 1 aromatic rings. The predicted octanol–water partition coefficient (Wildman–Crippen LogP) is 2.08. The lowest BCUT2D eigenvalue weighted by molar-refractivity contribution is 0.438. The van der Waals surface area contributed by atoms with Gasteiger partial charge in [-0.15, -0.1) is 0 Å². The lowest BCUT2D eigenvalue weighted by atomic mass is 9.99. The molecule has 5 nitrogen and oxygen atoms in total. The van der Waals surface area contributed by atoms with Gasteiger partial charge in [0.15, 0.2) is 0 Å². The van der Waals surface area contributed by atoms with Crippen LogP contribution in [0.5, 0.6) is 0 Å². The second-order valence-electron chi connectivity index (χ2n) is 5.08. The van der Waals surface area contributed by atoms with Crippen LogP contribution in [0.25, 0.3) is 0 Å². The molecule has 106 valence electrons. The van der Waals surface area contributed by atoms with E-state index < -0.39 is 10.0 Å². The summed E-state index contributed by atoms with van der Waals surface area (Å²) in [6.45, 7) is 5.97. The van der Waals surface area contributed by atoms with E-state index in [1.807, 2.05) is 6.07 Å². The summed E-state index contributed by atoms with van der Waals surface area (Å²) in [6, 6.07) is 3.65. The average molecular weight is 283 g/mol. The van der Waals surface area contributed by atoms with Crippen molar-refractivity contribution in [3.05, 3.63) is 18.3 Å². The molecule has 1 fully saturated rings. The maximum atomic E-state index is 11.4. The van der Waals surface area contributed by atoms with Crippen molar-refractivity contribution >= 4 is 21.5 Å². The lowest BCUT2D eigenvalue weighted by Crippen LogP contribution is -2.32. The van der Waals surface area contributed by atoms with Crippen LogP contribution < -0.4 is 9.62 Å². The molecular formula is C13H21N3O2S. The van der Waals surface area contributed by atoms with Crippen molar-refractivity contribution in [1.82, 2.24) is 4.98 Å². The average Bonchev–Trinajstić information content (AvgIpc) is 2.40. The van der Waals surface area contributed by atoms with Crippen LogP contribution >= 0.6 is 0 Å². The fourth-order valence-electron chi connectivity index (χ4n) is 2.13. The number of sulfonamides is 1. The highest BCUT2D eigenvalue weighted by molar-refractivity contribution is 7.92. The molecular weight excluding hydrogens is 262 g/mol. The van der Waals surface area contributed by atoms with Gasteiger partial charge in [0.2, 0.25) is 10.0 Å². The summed E-state index contributed by atoms with van der Waals surface area (Å²) in [5.41, 5.74) is 1.06. The highest BCUT2D eigenvalue weighted by atomic mass is 32.2. The Morgan fingerprint density at radius 2 is 2.05 bits per heavy atom. The van der Waals surface area contributed by atoms with E-state index in [0.717, 1.165) is 24.7 Å². The van der Waals surface area contributed by atoms with Crippen molar-refractivity contribution in [3.63, 3.8) is 0 Å². The van der Waals surface area contributed by atoms with E-state index in [2.05, 4.69) is 21.5 Å². The molecule has 1 aliphatic heterocycles. The zero-order chi connectivity index (χ0) is 13.9. The second-order valence-corrected chi connectivity index (χ2v) is 7.09. The summed E-state index contributed by atoms with van der Waals surface area (Å²) in [5, 5.41) is 0. The molecule has 0 saturated carbocycles. The van der Waals surface area contributed by atoms with Gasteiger partial charge < -0.3 is 4.90 Å². The third-order valence-corrected chi connectivity index (χ3v) is 4.82. The minimum atomic E-state index is -3.24. The van der Waals surface area contributed by atoms with Crippen molar-refractivity contribution in [2.75, 3.05) is 28.5 Å². The van der Waals surface area contributed by atoms with Gasteiger partial charge in [0.25, 0.3) is 0 Å². The molecule has 0 aliphatic carbocycles. The first-order chi connectivity index (χ1) is 9.00. The van der Waals surface area contributed by atoms with E-state index in [9.17, 15) is 8.42 Å². The highest BCUT2D eigenvalue weighted by Crippen LogP contribution is 2.23. The van der Waals surface area contributed by atoms with Crippen LogP contribution in [0.1, 0.15) is 26.7 Å². The summed E-state index contributed by atoms with van der Waals surface area (Å²) < 4.78 is 25.3. The van der Waals surface area contributed by atoms with Crippen LogP contribution in [0.2, 0.25) is 0 Å². The van der Waals surface area contributed by atoms with E-state index in [0.29, 0.717) is 5.82 Å². The number of anilines is 2. The van der Waals surface area contributed by atoms with Gasteiger partial charge in [-0.05, 0) is 37.8 Å². The maximum Gasteiger partial charge on any atom is 0.233 e. The van der Waals surface area contributed by atoms with Gasteiger partial charge in [-0.1, -0.05) is 6.92 Å². The summed E-state index contributed by atoms with van der Waals surface area (Å²) in [6.07, 6.45) is 4.14. The Morgan fingerprint density at radius 1 is 1.37 bits per heavy atom. The molecule has 0 spiro atoms. The van der Waals surface area contributed by atoms with E-state index in [4.69, 9.17) is 0 Å². The van der Waals surface area contributed by atoms with Crippen molar-refractivity contribution in [1.29, 1.82) is 0 Å². The van der Waals surface area contributed by atoms with Crippen LogP contribution in [0.15, 0.2) is 18.3 Å². The highest BCUT2D eigenvalue weighted by Gasteiger charge is 2.16. The van der Waals surface area contributed by atoms with Gasteiger partial charge >= 0.3 is 0 Å². The molecule has 19 heavy (non-hydrogen) atoms. The van der Waals surface area contributed by atoms with E-state index in [1.54, 1.807) is 19.2 Å². The smallest absolute Gasteiger partial charge is 0.233 e. The molecule has 2 heterocycles. The van der Waals surface area contributed by atoms with Crippen LogP contribution in [-0.4, -0.2) is 32.2 Å². The van der Waals surface area contributed by atoms with Crippen molar-refractivity contribution in [2.24, 2.45) is 5.92 Å². The molecule has 1 aromatic heterocycles. The first-order valence-electron chi connectivity index (χ1n) is 6.71. The minimum Gasteiger partial charge on any atom is -0.370 e. The van der Waals surface area contributed by atoms with Crippen molar-refractivity contribution < 1.29 is 8.42 Å². The molecule has 0 unspecified atom stereocenters. The number of pyridine rings is 1. The van der Waals surface area contributed by atoms with Gasteiger partial charge in [-0.25, -0.2) is 13.4 Å². The van der Waals surface area contributed by atoms with Gasteiger partial charge in [-0.3, -0.25) is 4.72 Å². The Morgan fingerprint density at radius 3 is 2.58 bits per heavy atom. The zero-order valence-electron chi connectivity index (χ0n) is 11.5. The summed E-state index contributed by atoms with van der Waals surface area (Å²) in [5.74, 6) is 1.23. The second kappa shape index (κ2) is 5.77. The Kier molecular flexibility index (Phi) is 4.29. The molecule has 0 atom stereocenters. The monoisotopic (exact) mass is 283 g/mol. The quantitative estimate of drug-likeness (QED) is 0.919. The number of hydrogen-bond donors (Lipinski definition) is 1. The molecule has 1 saturated heterocycles. The van der Waals surface area contributed by atoms with Gasteiger partial charge in [0.1, 0.15) is 5.82 Å². The third kappa shape index (κ3) is 3.83. The lowest BCUT2D eigenvalue weighted by Gasteiger charge is -2.31. The van der Waals surface area contributed by atoms with Gasteiger partial charge in [0, 0.05) is 13.1 Å². The molecule has 2 rings (SSSR count). The van der Waals surface area contributed by atoms with Crippen LogP contribution in [-0.2, 0) is 10.0 Å². The van der Waals surface area contributed by atoms with Crippen LogP contribution in [0.3, 0.4) is 0 Å². The third-order valence-electron chi connectivity index (χ3n) is 3.54. The molecule has 0 amide bonds. The van der Waals surface area contributed by atoms with Crippen LogP contribution in [0, 0.1) is 5.92 Å². The molecule has 1 aliphatic rings. The molecule has 1 N–H and O–H groups in total. The first-order valence-corrected chi connectivity index (χ1v) is 8.37. The molecule has 0 radical (unpaired) electrons. The number of piperidine rings is 1. The van der Waals surface area contributed by atoms with Crippen molar-refractivity contribution in [2.45, 2.75) is 26.7 Å². The van der Waals surface area contributed by atoms with E-state index >= 15 is 0 Å². The standard InChI is InChI=1S/C13H21N3O2S/c1-3-19(17,18)15-13-5-4-12(10-14-13)16-8-6-11(2)7-9-16/h4-5,10-11H,3,6-9H2,1-2H3,(H,14,15). The Balaban J connectivity index is 2.02. The Hall–Kier alpha value is -1.30. The van der Waals surface area contributed by atoms with Crippen molar-refractivity contribution in [3.8, 4) is 0 Å². The fourth-order valence-corrected chi connectivity index (χ4v) is 2.72. The number of hydrogen-bond acceptors (Lipinski definition) is 4. The van der Waals surface area contributed by atoms with E-state index in [-0.39, 0.29) is 5.75 Å². The first kappa shape index (κ1) is 14.1. The van der Waals surface area contributed by atoms with Crippen LogP contribution in [0.4, 0.5) is 11.5 Å².